The van der Waals surface area contributed by atoms with Crippen LogP contribution < -0.4 is 0 Å². The number of benzene rings is 2. The summed E-state index contributed by atoms with van der Waals surface area (Å²) in [7, 11) is 0. The number of alkyl halides is 6. The number of carbonyl (C=O) groups is 1. The smallest absolute Gasteiger partial charge is 0.416 e. The molecule has 192 valence electrons. The molecule has 0 saturated carbocycles. The number of rotatable bonds is 3. The molecule has 1 aliphatic rings. The van der Waals surface area contributed by atoms with Gasteiger partial charge in [0.2, 0.25) is 0 Å². The molecule has 1 saturated heterocycles. The summed E-state index contributed by atoms with van der Waals surface area (Å²) in [5, 5.41) is 11.9. The number of piperidine rings is 1. The molecule has 1 amide bonds. The summed E-state index contributed by atoms with van der Waals surface area (Å²) in [5.74, 6) is -0.574. The fourth-order valence-electron chi connectivity index (χ4n) is 4.27. The van der Waals surface area contributed by atoms with Crippen LogP contribution in [0.15, 0.2) is 48.5 Å². The topological polar surface area (TPSA) is 49.8 Å². The van der Waals surface area contributed by atoms with Crippen LogP contribution in [0.4, 0.5) is 31.1 Å². The molecule has 1 N–H and O–H groups in total. The fraction of sp³-hybridized carbons (Fsp3) is 0.480. The first-order chi connectivity index (χ1) is 16.0. The lowest BCUT2D eigenvalue weighted by molar-refractivity contribution is -0.138. The van der Waals surface area contributed by atoms with Crippen molar-refractivity contribution in [3.05, 3.63) is 70.8 Å². The Kier molecular flexibility index (Phi) is 7.19. The SMILES string of the molecule is CC(C)(C)OC(=O)N1CCC(C(O)(c2ccc(C(F)(F)F)cc2)c2ccc(C(F)(F)F)cc2)CC1. The van der Waals surface area contributed by atoms with E-state index in [1.165, 1.54) is 4.90 Å². The van der Waals surface area contributed by atoms with E-state index in [0.29, 0.717) is 0 Å². The summed E-state index contributed by atoms with van der Waals surface area (Å²) in [6, 6.07) is 7.89. The van der Waals surface area contributed by atoms with Gasteiger partial charge in [0.05, 0.1) is 11.1 Å². The van der Waals surface area contributed by atoms with Crippen molar-refractivity contribution in [3.63, 3.8) is 0 Å². The molecule has 35 heavy (non-hydrogen) atoms. The molecule has 0 unspecified atom stereocenters. The molecule has 0 bridgehead atoms. The number of hydrogen-bond donors (Lipinski definition) is 1. The Morgan fingerprint density at radius 1 is 0.771 bits per heavy atom. The number of carbonyl (C=O) groups excluding carboxylic acids is 1. The van der Waals surface area contributed by atoms with E-state index in [9.17, 15) is 36.2 Å². The number of halogens is 6. The summed E-state index contributed by atoms with van der Waals surface area (Å²) >= 11 is 0. The van der Waals surface area contributed by atoms with Crippen LogP contribution >= 0.6 is 0 Å². The third-order valence-electron chi connectivity index (χ3n) is 6.04. The van der Waals surface area contributed by atoms with Crippen LogP contribution in [0.2, 0.25) is 0 Å². The Balaban J connectivity index is 1.94. The number of hydrogen-bond acceptors (Lipinski definition) is 3. The molecule has 10 heteroatoms. The highest BCUT2D eigenvalue weighted by molar-refractivity contribution is 5.68. The van der Waals surface area contributed by atoms with Gasteiger partial charge in [0.25, 0.3) is 0 Å². The standard InChI is InChI=1S/C25H27F6NO3/c1-22(2,3)35-21(33)32-14-12-18(13-15-32)23(34,16-4-8-19(9-5-16)24(26,27)28)17-6-10-20(11-7-17)25(29,30)31/h4-11,18,34H,12-15H2,1-3H3. The van der Waals surface area contributed by atoms with Gasteiger partial charge in [0.15, 0.2) is 0 Å². The van der Waals surface area contributed by atoms with Gasteiger partial charge in [-0.05, 0) is 74.9 Å². The van der Waals surface area contributed by atoms with Crippen LogP contribution in [0, 0.1) is 5.92 Å². The molecule has 2 aromatic rings. The van der Waals surface area contributed by atoms with Crippen molar-refractivity contribution in [2.24, 2.45) is 5.92 Å². The molecule has 1 fully saturated rings. The summed E-state index contributed by atoms with van der Waals surface area (Å²) in [6.07, 6.45) is -9.16. The van der Waals surface area contributed by atoms with Gasteiger partial charge in [-0.1, -0.05) is 24.3 Å². The van der Waals surface area contributed by atoms with E-state index in [4.69, 9.17) is 4.74 Å². The maximum atomic E-state index is 13.1. The Morgan fingerprint density at radius 3 is 1.43 bits per heavy atom. The van der Waals surface area contributed by atoms with E-state index in [2.05, 4.69) is 0 Å². The lowest BCUT2D eigenvalue weighted by Gasteiger charge is -2.42. The Morgan fingerprint density at radius 2 is 1.11 bits per heavy atom. The average Bonchev–Trinajstić information content (AvgIpc) is 2.76. The molecule has 0 radical (unpaired) electrons. The minimum atomic E-state index is -4.58. The van der Waals surface area contributed by atoms with Gasteiger partial charge in [-0.2, -0.15) is 26.3 Å². The first kappa shape index (κ1) is 26.8. The van der Waals surface area contributed by atoms with E-state index in [0.717, 1.165) is 48.5 Å². The second-order valence-electron chi connectivity index (χ2n) is 9.66. The van der Waals surface area contributed by atoms with Gasteiger partial charge in [-0.15, -0.1) is 0 Å². The van der Waals surface area contributed by atoms with E-state index >= 15 is 0 Å². The largest absolute Gasteiger partial charge is 0.444 e. The summed E-state index contributed by atoms with van der Waals surface area (Å²) in [4.78, 5) is 13.9. The molecule has 0 aromatic heterocycles. The zero-order valence-electron chi connectivity index (χ0n) is 19.5. The van der Waals surface area contributed by atoms with Crippen LogP contribution in [-0.2, 0) is 22.7 Å². The zero-order valence-corrected chi connectivity index (χ0v) is 19.5. The number of aliphatic hydroxyl groups is 1. The minimum Gasteiger partial charge on any atom is -0.444 e. The average molecular weight is 503 g/mol. The molecular weight excluding hydrogens is 476 g/mol. The predicted molar refractivity (Wildman–Crippen MR) is 116 cm³/mol. The highest BCUT2D eigenvalue weighted by atomic mass is 19.4. The molecule has 0 spiro atoms. The summed E-state index contributed by atoms with van der Waals surface area (Å²) in [6.45, 7) is 5.61. The maximum Gasteiger partial charge on any atom is 0.416 e. The fourth-order valence-corrected chi connectivity index (χ4v) is 4.27. The van der Waals surface area contributed by atoms with Crippen molar-refractivity contribution in [3.8, 4) is 0 Å². The van der Waals surface area contributed by atoms with Gasteiger partial charge in [-0.25, -0.2) is 4.79 Å². The Bertz CT molecular complexity index is 958. The highest BCUT2D eigenvalue weighted by Gasteiger charge is 2.43. The second kappa shape index (κ2) is 9.37. The Labute approximate surface area is 199 Å². The Hall–Kier alpha value is -2.75. The highest BCUT2D eigenvalue weighted by Crippen LogP contribution is 2.44. The van der Waals surface area contributed by atoms with Gasteiger partial charge < -0.3 is 14.7 Å². The summed E-state index contributed by atoms with van der Waals surface area (Å²) in [5.41, 5.74) is -4.13. The monoisotopic (exact) mass is 503 g/mol. The maximum absolute atomic E-state index is 13.1. The number of likely N-dealkylation sites (tertiary alicyclic amines) is 1. The molecular formula is C25H27F6NO3. The molecule has 2 aromatic carbocycles. The van der Waals surface area contributed by atoms with Crippen LogP contribution in [-0.4, -0.2) is 34.8 Å². The quantitative estimate of drug-likeness (QED) is 0.480. The van der Waals surface area contributed by atoms with Crippen molar-refractivity contribution >= 4 is 6.09 Å². The van der Waals surface area contributed by atoms with Gasteiger partial charge in [-0.3, -0.25) is 0 Å². The van der Waals surface area contributed by atoms with Crippen molar-refractivity contribution in [1.29, 1.82) is 0 Å². The van der Waals surface area contributed by atoms with Crippen LogP contribution in [0.3, 0.4) is 0 Å². The molecule has 0 aliphatic carbocycles. The molecule has 3 rings (SSSR count). The van der Waals surface area contributed by atoms with E-state index < -0.39 is 46.7 Å². The first-order valence-electron chi connectivity index (χ1n) is 11.1. The first-order valence-corrected chi connectivity index (χ1v) is 11.1. The lowest BCUT2D eigenvalue weighted by Crippen LogP contribution is -2.47. The zero-order chi connectivity index (χ0) is 26.2. The van der Waals surface area contributed by atoms with Crippen LogP contribution in [0.5, 0.6) is 0 Å². The van der Waals surface area contributed by atoms with Crippen molar-refractivity contribution in [2.75, 3.05) is 13.1 Å². The van der Waals surface area contributed by atoms with Crippen LogP contribution in [0.1, 0.15) is 55.9 Å². The van der Waals surface area contributed by atoms with Gasteiger partial charge in [0.1, 0.15) is 11.2 Å². The van der Waals surface area contributed by atoms with E-state index in [-0.39, 0.29) is 37.1 Å². The summed E-state index contributed by atoms with van der Waals surface area (Å²) < 4.78 is 83.8. The van der Waals surface area contributed by atoms with E-state index in [1.807, 2.05) is 0 Å². The van der Waals surface area contributed by atoms with Gasteiger partial charge >= 0.3 is 18.4 Å². The predicted octanol–water partition coefficient (Wildman–Crippen LogP) is 6.61. The third kappa shape index (κ3) is 6.09. The van der Waals surface area contributed by atoms with E-state index in [1.54, 1.807) is 20.8 Å². The van der Waals surface area contributed by atoms with Crippen LogP contribution in [0.25, 0.3) is 0 Å². The molecule has 1 aliphatic heterocycles. The van der Waals surface area contributed by atoms with Crippen molar-refractivity contribution in [1.82, 2.24) is 4.90 Å². The lowest BCUT2D eigenvalue weighted by atomic mass is 9.72. The third-order valence-corrected chi connectivity index (χ3v) is 6.04. The number of nitrogens with zero attached hydrogens (tertiary/aromatic N) is 1. The molecule has 0 atom stereocenters. The van der Waals surface area contributed by atoms with Crippen molar-refractivity contribution in [2.45, 2.75) is 57.2 Å². The second-order valence-corrected chi connectivity index (χ2v) is 9.66. The normalized spacial score (nSPS) is 16.3. The number of ether oxygens (including phenoxy) is 1. The minimum absolute atomic E-state index is 0.126. The number of amides is 1. The van der Waals surface area contributed by atoms with Gasteiger partial charge in [0, 0.05) is 13.1 Å². The molecule has 1 heterocycles. The molecule has 4 nitrogen and oxygen atoms in total. The van der Waals surface area contributed by atoms with Crippen molar-refractivity contribution < 1.29 is 41.0 Å².